The van der Waals surface area contributed by atoms with Crippen molar-refractivity contribution in [1.29, 1.82) is 0 Å². The SMILES string of the molecule is Cc1ccc(C(=O)O)cc1NC(=O)[C@@H](C)Cn1nc(C)c(Br)c1C. The number of carbonyl (C=O) groups is 2. The van der Waals surface area contributed by atoms with Gasteiger partial charge in [0.2, 0.25) is 5.91 Å². The van der Waals surface area contributed by atoms with Gasteiger partial charge in [-0.15, -0.1) is 0 Å². The van der Waals surface area contributed by atoms with E-state index in [1.807, 2.05) is 27.7 Å². The fourth-order valence-electron chi connectivity index (χ4n) is 2.34. The van der Waals surface area contributed by atoms with Gasteiger partial charge in [0.25, 0.3) is 0 Å². The second-order valence-electron chi connectivity index (χ2n) is 5.89. The first-order valence-electron chi connectivity index (χ1n) is 7.55. The molecular weight excluding hydrogens is 374 g/mol. The Hall–Kier alpha value is -2.15. The van der Waals surface area contributed by atoms with E-state index in [0.717, 1.165) is 21.4 Å². The van der Waals surface area contributed by atoms with E-state index in [1.54, 1.807) is 10.7 Å². The molecule has 0 aliphatic heterocycles. The molecular formula is C17H20BrN3O3. The lowest BCUT2D eigenvalue weighted by Gasteiger charge is -2.15. The lowest BCUT2D eigenvalue weighted by Crippen LogP contribution is -2.25. The van der Waals surface area contributed by atoms with Crippen molar-refractivity contribution >= 4 is 33.5 Å². The van der Waals surface area contributed by atoms with Gasteiger partial charge in [-0.2, -0.15) is 5.10 Å². The summed E-state index contributed by atoms with van der Waals surface area (Å²) < 4.78 is 2.74. The highest BCUT2D eigenvalue weighted by atomic mass is 79.9. The summed E-state index contributed by atoms with van der Waals surface area (Å²) in [5.74, 6) is -1.52. The van der Waals surface area contributed by atoms with Crippen molar-refractivity contribution in [2.75, 3.05) is 5.32 Å². The molecule has 0 spiro atoms. The Morgan fingerprint density at radius 2 is 2.00 bits per heavy atom. The van der Waals surface area contributed by atoms with E-state index in [0.29, 0.717) is 12.2 Å². The number of aromatic carboxylic acids is 1. The molecule has 0 fully saturated rings. The minimum Gasteiger partial charge on any atom is -0.478 e. The Labute approximate surface area is 149 Å². The Kier molecular flexibility index (Phi) is 5.43. The molecule has 0 saturated heterocycles. The van der Waals surface area contributed by atoms with Crippen LogP contribution in [-0.4, -0.2) is 26.8 Å². The molecule has 2 aromatic rings. The third kappa shape index (κ3) is 3.84. The molecule has 128 valence electrons. The zero-order valence-electron chi connectivity index (χ0n) is 14.1. The topological polar surface area (TPSA) is 84.2 Å². The first-order chi connectivity index (χ1) is 11.2. The van der Waals surface area contributed by atoms with Gasteiger partial charge in [0.1, 0.15) is 0 Å². The molecule has 6 nitrogen and oxygen atoms in total. The van der Waals surface area contributed by atoms with Gasteiger partial charge in [-0.05, 0) is 54.4 Å². The number of nitrogens with one attached hydrogen (secondary N) is 1. The van der Waals surface area contributed by atoms with Crippen LogP contribution in [0.2, 0.25) is 0 Å². The van der Waals surface area contributed by atoms with Crippen LogP contribution in [0.4, 0.5) is 5.69 Å². The summed E-state index contributed by atoms with van der Waals surface area (Å²) in [5.41, 5.74) is 3.32. The van der Waals surface area contributed by atoms with Crippen LogP contribution in [-0.2, 0) is 11.3 Å². The van der Waals surface area contributed by atoms with Crippen molar-refractivity contribution in [2.24, 2.45) is 5.92 Å². The second kappa shape index (κ2) is 7.17. The maximum Gasteiger partial charge on any atom is 0.335 e. The van der Waals surface area contributed by atoms with Gasteiger partial charge in [-0.3, -0.25) is 9.48 Å². The lowest BCUT2D eigenvalue weighted by atomic mass is 10.1. The molecule has 1 heterocycles. The second-order valence-corrected chi connectivity index (χ2v) is 6.69. The summed E-state index contributed by atoms with van der Waals surface area (Å²) in [6, 6.07) is 4.67. The number of benzene rings is 1. The van der Waals surface area contributed by atoms with Gasteiger partial charge in [0, 0.05) is 11.4 Å². The average molecular weight is 394 g/mol. The molecule has 24 heavy (non-hydrogen) atoms. The standard InChI is InChI=1S/C17H20BrN3O3/c1-9-5-6-13(17(23)24)7-14(9)19-16(22)10(2)8-21-12(4)15(18)11(3)20-21/h5-7,10H,8H2,1-4H3,(H,19,22)(H,23,24)/t10-/m0/s1. The van der Waals surface area contributed by atoms with E-state index in [1.165, 1.54) is 12.1 Å². The zero-order valence-corrected chi connectivity index (χ0v) is 15.6. The van der Waals surface area contributed by atoms with Gasteiger partial charge in [0.05, 0.1) is 28.2 Å². The Morgan fingerprint density at radius 3 is 2.54 bits per heavy atom. The molecule has 0 aliphatic rings. The Bertz CT molecular complexity index is 799. The van der Waals surface area contributed by atoms with E-state index >= 15 is 0 Å². The fourth-order valence-corrected chi connectivity index (χ4v) is 2.62. The first-order valence-corrected chi connectivity index (χ1v) is 8.34. The van der Waals surface area contributed by atoms with Crippen LogP contribution >= 0.6 is 15.9 Å². The molecule has 1 amide bonds. The maximum absolute atomic E-state index is 12.4. The summed E-state index contributed by atoms with van der Waals surface area (Å²) in [6.07, 6.45) is 0. The van der Waals surface area contributed by atoms with Crippen LogP contribution < -0.4 is 5.32 Å². The maximum atomic E-state index is 12.4. The number of anilines is 1. The number of nitrogens with zero attached hydrogens (tertiary/aromatic N) is 2. The van der Waals surface area contributed by atoms with Crippen LogP contribution in [0.5, 0.6) is 0 Å². The molecule has 0 bridgehead atoms. The predicted molar refractivity (Wildman–Crippen MR) is 95.3 cm³/mol. The quantitative estimate of drug-likeness (QED) is 0.813. The minimum absolute atomic E-state index is 0.144. The molecule has 7 heteroatoms. The Balaban J connectivity index is 2.13. The van der Waals surface area contributed by atoms with Crippen LogP contribution in [0, 0.1) is 26.7 Å². The third-order valence-electron chi connectivity index (χ3n) is 3.93. The highest BCUT2D eigenvalue weighted by molar-refractivity contribution is 9.10. The number of hydrogen-bond acceptors (Lipinski definition) is 3. The number of carboxylic acid groups (broad SMARTS) is 1. The summed E-state index contributed by atoms with van der Waals surface area (Å²) >= 11 is 3.47. The third-order valence-corrected chi connectivity index (χ3v) is 5.08. The van der Waals surface area contributed by atoms with Crippen molar-refractivity contribution in [2.45, 2.75) is 34.2 Å². The van der Waals surface area contributed by atoms with Gasteiger partial charge in [0.15, 0.2) is 0 Å². The smallest absolute Gasteiger partial charge is 0.335 e. The highest BCUT2D eigenvalue weighted by Crippen LogP contribution is 2.22. The van der Waals surface area contributed by atoms with Crippen molar-refractivity contribution in [1.82, 2.24) is 9.78 Å². The van der Waals surface area contributed by atoms with E-state index in [-0.39, 0.29) is 17.4 Å². The largest absolute Gasteiger partial charge is 0.478 e. The average Bonchev–Trinajstić information content (AvgIpc) is 2.76. The fraction of sp³-hybridized carbons (Fsp3) is 0.353. The number of carboxylic acids is 1. The van der Waals surface area contributed by atoms with E-state index in [9.17, 15) is 9.59 Å². The van der Waals surface area contributed by atoms with Crippen LogP contribution in [0.25, 0.3) is 0 Å². The van der Waals surface area contributed by atoms with Gasteiger partial charge < -0.3 is 10.4 Å². The molecule has 2 N–H and O–H groups in total. The molecule has 1 aromatic heterocycles. The summed E-state index contributed by atoms with van der Waals surface area (Å²) in [4.78, 5) is 23.5. The zero-order chi connectivity index (χ0) is 18.0. The number of aryl methyl sites for hydroxylation is 2. The van der Waals surface area contributed by atoms with Crippen LogP contribution in [0.15, 0.2) is 22.7 Å². The van der Waals surface area contributed by atoms with E-state index in [2.05, 4.69) is 26.3 Å². The van der Waals surface area contributed by atoms with Crippen LogP contribution in [0.1, 0.15) is 34.2 Å². The van der Waals surface area contributed by atoms with Gasteiger partial charge >= 0.3 is 5.97 Å². The normalized spacial score (nSPS) is 12.0. The number of hydrogen-bond donors (Lipinski definition) is 2. The molecule has 0 aliphatic carbocycles. The number of carbonyl (C=O) groups excluding carboxylic acids is 1. The van der Waals surface area contributed by atoms with Gasteiger partial charge in [-0.1, -0.05) is 13.0 Å². The number of amides is 1. The lowest BCUT2D eigenvalue weighted by molar-refractivity contribution is -0.119. The minimum atomic E-state index is -1.02. The van der Waals surface area contributed by atoms with Crippen LogP contribution in [0.3, 0.4) is 0 Å². The van der Waals surface area contributed by atoms with Crippen molar-refractivity contribution in [3.05, 3.63) is 45.2 Å². The molecule has 2 rings (SSSR count). The summed E-state index contributed by atoms with van der Waals surface area (Å²) in [7, 11) is 0. The highest BCUT2D eigenvalue weighted by Gasteiger charge is 2.18. The van der Waals surface area contributed by atoms with E-state index in [4.69, 9.17) is 5.11 Å². The van der Waals surface area contributed by atoms with Gasteiger partial charge in [-0.25, -0.2) is 4.79 Å². The number of aromatic nitrogens is 2. The number of rotatable bonds is 5. The molecule has 0 unspecified atom stereocenters. The Morgan fingerprint density at radius 1 is 1.33 bits per heavy atom. The summed E-state index contributed by atoms with van der Waals surface area (Å²) in [5, 5.41) is 16.3. The molecule has 0 saturated carbocycles. The molecule has 1 atom stereocenters. The monoisotopic (exact) mass is 393 g/mol. The first kappa shape index (κ1) is 18.2. The van der Waals surface area contributed by atoms with Crippen molar-refractivity contribution < 1.29 is 14.7 Å². The number of halogens is 1. The summed E-state index contributed by atoms with van der Waals surface area (Å²) in [6.45, 7) is 7.93. The van der Waals surface area contributed by atoms with E-state index < -0.39 is 5.97 Å². The predicted octanol–water partition coefficient (Wildman–Crippen LogP) is 3.54. The van der Waals surface area contributed by atoms with Crippen molar-refractivity contribution in [3.63, 3.8) is 0 Å². The molecule has 0 radical (unpaired) electrons. The molecule has 1 aromatic carbocycles. The van der Waals surface area contributed by atoms with Crippen molar-refractivity contribution in [3.8, 4) is 0 Å².